The SMILES string of the molecule is CCOC(=O)C(C)(C)c1cc(Cl)n2nc(C)c(I)c2n1. The van der Waals surface area contributed by atoms with Crippen LogP contribution in [0.3, 0.4) is 0 Å². The topological polar surface area (TPSA) is 56.5 Å². The molecule has 0 spiro atoms. The third-order valence-corrected chi connectivity index (χ3v) is 4.61. The van der Waals surface area contributed by atoms with E-state index in [2.05, 4.69) is 32.7 Å². The molecule has 2 rings (SSSR count). The molecule has 0 saturated heterocycles. The van der Waals surface area contributed by atoms with E-state index in [1.807, 2.05) is 6.92 Å². The molecule has 0 amide bonds. The van der Waals surface area contributed by atoms with Gasteiger partial charge in [0.25, 0.3) is 0 Å². The maximum atomic E-state index is 12.1. The Bertz CT molecular complexity index is 682. The number of hydrogen-bond donors (Lipinski definition) is 0. The van der Waals surface area contributed by atoms with Crippen molar-refractivity contribution in [3.63, 3.8) is 0 Å². The van der Waals surface area contributed by atoms with Crippen LogP contribution in [0.2, 0.25) is 5.15 Å². The van der Waals surface area contributed by atoms with Crippen molar-refractivity contribution in [1.82, 2.24) is 14.6 Å². The van der Waals surface area contributed by atoms with Crippen molar-refractivity contribution in [2.45, 2.75) is 33.1 Å². The Morgan fingerprint density at radius 1 is 1.55 bits per heavy atom. The number of esters is 1. The van der Waals surface area contributed by atoms with Crippen molar-refractivity contribution in [2.24, 2.45) is 0 Å². The van der Waals surface area contributed by atoms with Gasteiger partial charge in [-0.2, -0.15) is 5.10 Å². The van der Waals surface area contributed by atoms with Gasteiger partial charge in [0.05, 0.1) is 21.6 Å². The van der Waals surface area contributed by atoms with Gasteiger partial charge in [0, 0.05) is 0 Å². The van der Waals surface area contributed by atoms with Crippen LogP contribution < -0.4 is 0 Å². The summed E-state index contributed by atoms with van der Waals surface area (Å²) >= 11 is 8.41. The van der Waals surface area contributed by atoms with E-state index in [1.165, 1.54) is 0 Å². The minimum absolute atomic E-state index is 0.320. The highest BCUT2D eigenvalue weighted by Crippen LogP contribution is 2.28. The molecule has 0 aromatic carbocycles. The molecule has 2 heterocycles. The minimum atomic E-state index is -0.858. The zero-order valence-electron chi connectivity index (χ0n) is 11.7. The standard InChI is InChI=1S/C13H15ClIN3O2/c1-5-20-12(19)13(3,4)8-6-9(14)18-11(16-8)10(15)7(2)17-18/h6H,5H2,1-4H3. The second-order valence-corrected chi connectivity index (χ2v) is 6.41. The molecule has 7 heteroatoms. The molecule has 0 aliphatic rings. The van der Waals surface area contributed by atoms with Crippen molar-refractivity contribution >= 4 is 45.8 Å². The lowest BCUT2D eigenvalue weighted by molar-refractivity contribution is -0.148. The number of hydrogen-bond acceptors (Lipinski definition) is 4. The fourth-order valence-electron chi connectivity index (χ4n) is 1.80. The molecule has 5 nitrogen and oxygen atoms in total. The van der Waals surface area contributed by atoms with Crippen molar-refractivity contribution in [3.8, 4) is 0 Å². The lowest BCUT2D eigenvalue weighted by Gasteiger charge is -2.22. The Kier molecular flexibility index (Phi) is 4.24. The fraction of sp³-hybridized carbons (Fsp3) is 0.462. The first-order chi connectivity index (χ1) is 9.28. The summed E-state index contributed by atoms with van der Waals surface area (Å²) in [6, 6.07) is 1.66. The van der Waals surface area contributed by atoms with Gasteiger partial charge in [-0.25, -0.2) is 9.50 Å². The van der Waals surface area contributed by atoms with E-state index in [0.717, 1.165) is 9.26 Å². The number of carbonyl (C=O) groups excluding carboxylic acids is 1. The lowest BCUT2D eigenvalue weighted by atomic mass is 9.89. The first-order valence-electron chi connectivity index (χ1n) is 6.18. The molecule has 0 atom stereocenters. The first kappa shape index (κ1) is 15.5. The number of ether oxygens (including phenoxy) is 1. The van der Waals surface area contributed by atoms with E-state index >= 15 is 0 Å². The molecule has 0 saturated carbocycles. The number of nitrogens with zero attached hydrogens (tertiary/aromatic N) is 3. The Balaban J connectivity index is 2.61. The van der Waals surface area contributed by atoms with Gasteiger partial charge < -0.3 is 4.74 Å². The largest absolute Gasteiger partial charge is 0.465 e. The quantitative estimate of drug-likeness (QED) is 0.446. The zero-order chi connectivity index (χ0) is 15.1. The van der Waals surface area contributed by atoms with Crippen LogP contribution in [-0.4, -0.2) is 27.2 Å². The Hall–Kier alpha value is -0.890. The molecule has 2 aromatic rings. The summed E-state index contributed by atoms with van der Waals surface area (Å²) in [5, 5.41) is 4.74. The minimum Gasteiger partial charge on any atom is -0.465 e. The summed E-state index contributed by atoms with van der Waals surface area (Å²) in [5.41, 5.74) is 1.23. The van der Waals surface area contributed by atoms with Gasteiger partial charge in [0.15, 0.2) is 5.65 Å². The summed E-state index contributed by atoms with van der Waals surface area (Å²) in [6.45, 7) is 7.55. The van der Waals surface area contributed by atoms with E-state index in [9.17, 15) is 4.79 Å². The average Bonchev–Trinajstić information content (AvgIpc) is 2.67. The molecule has 0 N–H and O–H groups in total. The van der Waals surface area contributed by atoms with E-state index in [-0.39, 0.29) is 5.97 Å². The second-order valence-electron chi connectivity index (χ2n) is 4.94. The van der Waals surface area contributed by atoms with E-state index in [4.69, 9.17) is 16.3 Å². The van der Waals surface area contributed by atoms with Crippen LogP contribution in [-0.2, 0) is 14.9 Å². The average molecular weight is 408 g/mol. The number of halogens is 2. The van der Waals surface area contributed by atoms with Crippen LogP contribution in [0.15, 0.2) is 6.07 Å². The molecule has 108 valence electrons. The first-order valence-corrected chi connectivity index (χ1v) is 7.63. The zero-order valence-corrected chi connectivity index (χ0v) is 14.6. The number of aryl methyl sites for hydroxylation is 1. The van der Waals surface area contributed by atoms with E-state index < -0.39 is 5.41 Å². The third-order valence-electron chi connectivity index (χ3n) is 3.08. The highest BCUT2D eigenvalue weighted by molar-refractivity contribution is 14.1. The third kappa shape index (κ3) is 2.50. The Morgan fingerprint density at radius 3 is 2.80 bits per heavy atom. The molecule has 0 bridgehead atoms. The van der Waals surface area contributed by atoms with Gasteiger partial charge in [-0.15, -0.1) is 0 Å². The monoisotopic (exact) mass is 407 g/mol. The van der Waals surface area contributed by atoms with Crippen molar-refractivity contribution in [1.29, 1.82) is 0 Å². The van der Waals surface area contributed by atoms with Crippen LogP contribution in [0.1, 0.15) is 32.2 Å². The lowest BCUT2D eigenvalue weighted by Crippen LogP contribution is -2.32. The normalized spacial score (nSPS) is 11.9. The highest BCUT2D eigenvalue weighted by atomic mass is 127. The van der Waals surface area contributed by atoms with Crippen LogP contribution in [0.4, 0.5) is 0 Å². The molecule has 20 heavy (non-hydrogen) atoms. The van der Waals surface area contributed by atoms with Crippen molar-refractivity contribution in [3.05, 3.63) is 26.2 Å². The summed E-state index contributed by atoms with van der Waals surface area (Å²) < 4.78 is 7.60. The number of rotatable bonds is 3. The van der Waals surface area contributed by atoms with Gasteiger partial charge in [0.1, 0.15) is 10.6 Å². The van der Waals surface area contributed by atoms with Gasteiger partial charge in [0.2, 0.25) is 0 Å². The molecule has 0 radical (unpaired) electrons. The van der Waals surface area contributed by atoms with Crippen molar-refractivity contribution < 1.29 is 9.53 Å². The molecule has 0 aliphatic heterocycles. The predicted molar refractivity (Wildman–Crippen MR) is 85.1 cm³/mol. The maximum Gasteiger partial charge on any atom is 0.317 e. The molecule has 0 aliphatic carbocycles. The molecular weight excluding hydrogens is 393 g/mol. The van der Waals surface area contributed by atoms with Crippen LogP contribution >= 0.6 is 34.2 Å². The van der Waals surface area contributed by atoms with Crippen LogP contribution in [0.25, 0.3) is 5.65 Å². The van der Waals surface area contributed by atoms with Crippen LogP contribution in [0.5, 0.6) is 0 Å². The van der Waals surface area contributed by atoms with E-state index in [1.54, 1.807) is 31.4 Å². The molecule has 2 aromatic heterocycles. The molecular formula is C13H15ClIN3O2. The predicted octanol–water partition coefficient (Wildman–Crippen LogP) is 3.14. The summed E-state index contributed by atoms with van der Waals surface area (Å²) in [7, 11) is 0. The smallest absolute Gasteiger partial charge is 0.317 e. The fourth-order valence-corrected chi connectivity index (χ4v) is 2.48. The highest BCUT2D eigenvalue weighted by Gasteiger charge is 2.34. The van der Waals surface area contributed by atoms with Crippen LogP contribution in [0, 0.1) is 10.5 Å². The van der Waals surface area contributed by atoms with Gasteiger partial charge in [-0.05, 0) is 56.4 Å². The van der Waals surface area contributed by atoms with Crippen molar-refractivity contribution in [2.75, 3.05) is 6.61 Å². The van der Waals surface area contributed by atoms with Gasteiger partial charge >= 0.3 is 5.97 Å². The summed E-state index contributed by atoms with van der Waals surface area (Å²) in [5.74, 6) is -0.320. The number of fused-ring (bicyclic) bond motifs is 1. The maximum absolute atomic E-state index is 12.1. The molecule has 0 unspecified atom stereocenters. The second kappa shape index (κ2) is 5.48. The van der Waals surface area contributed by atoms with Gasteiger partial charge in [-0.3, -0.25) is 4.79 Å². The molecule has 0 fully saturated rings. The van der Waals surface area contributed by atoms with Gasteiger partial charge in [-0.1, -0.05) is 11.6 Å². The number of aromatic nitrogens is 3. The Morgan fingerprint density at radius 2 is 2.20 bits per heavy atom. The number of carbonyl (C=O) groups is 1. The Labute approximate surface area is 135 Å². The van der Waals surface area contributed by atoms with E-state index in [0.29, 0.717) is 23.1 Å². The summed E-state index contributed by atoms with van der Waals surface area (Å²) in [4.78, 5) is 16.6. The summed E-state index contributed by atoms with van der Waals surface area (Å²) in [6.07, 6.45) is 0.